The summed E-state index contributed by atoms with van der Waals surface area (Å²) in [6.45, 7) is 4.96. The third-order valence-electron chi connectivity index (χ3n) is 6.31. The number of para-hydroxylation sites is 1. The summed E-state index contributed by atoms with van der Waals surface area (Å²) >= 11 is 7.74. The first-order chi connectivity index (χ1) is 15.6. The van der Waals surface area contributed by atoms with Crippen molar-refractivity contribution in [2.75, 3.05) is 49.1 Å². The molecule has 168 valence electrons. The van der Waals surface area contributed by atoms with Crippen molar-refractivity contribution in [2.45, 2.75) is 25.8 Å². The lowest BCUT2D eigenvalue weighted by Crippen LogP contribution is -2.49. The van der Waals surface area contributed by atoms with Crippen LogP contribution in [-0.2, 0) is 11.3 Å². The maximum Gasteiger partial charge on any atom is 0.272 e. The zero-order valence-electron chi connectivity index (χ0n) is 17.9. The second-order valence-corrected chi connectivity index (χ2v) is 9.59. The van der Waals surface area contributed by atoms with Crippen LogP contribution in [0, 0.1) is 0 Å². The highest BCUT2D eigenvalue weighted by Gasteiger charge is 2.24. The first-order valence-electron chi connectivity index (χ1n) is 11.1. The van der Waals surface area contributed by atoms with Gasteiger partial charge in [0.2, 0.25) is 11.9 Å². The molecule has 0 N–H and O–H groups in total. The molecule has 0 spiro atoms. The van der Waals surface area contributed by atoms with E-state index in [-0.39, 0.29) is 11.5 Å². The maximum absolute atomic E-state index is 13.2. The molecule has 9 heteroatoms. The van der Waals surface area contributed by atoms with Crippen molar-refractivity contribution in [3.63, 3.8) is 0 Å². The Hall–Kier alpha value is -2.58. The van der Waals surface area contributed by atoms with E-state index >= 15 is 0 Å². The van der Waals surface area contributed by atoms with E-state index in [2.05, 4.69) is 9.80 Å². The number of carbonyl (C=O) groups excluding carboxylic acids is 1. The van der Waals surface area contributed by atoms with Crippen molar-refractivity contribution >= 4 is 50.7 Å². The van der Waals surface area contributed by atoms with Gasteiger partial charge in [0.1, 0.15) is 4.70 Å². The number of amides is 1. The third kappa shape index (κ3) is 4.09. The molecule has 2 fully saturated rings. The van der Waals surface area contributed by atoms with E-state index in [1.165, 1.54) is 11.3 Å². The number of thiophene rings is 1. The first kappa shape index (κ1) is 21.3. The van der Waals surface area contributed by atoms with Gasteiger partial charge in [-0.15, -0.1) is 11.3 Å². The number of aromatic nitrogens is 2. The lowest BCUT2D eigenvalue weighted by atomic mass is 10.2. The Bertz CT molecular complexity index is 1180. The summed E-state index contributed by atoms with van der Waals surface area (Å²) in [6, 6.07) is 9.70. The maximum atomic E-state index is 13.2. The van der Waals surface area contributed by atoms with Crippen LogP contribution < -0.4 is 15.4 Å². The molecule has 7 nitrogen and oxygen atoms in total. The van der Waals surface area contributed by atoms with E-state index in [9.17, 15) is 9.59 Å². The fourth-order valence-corrected chi connectivity index (χ4v) is 5.60. The van der Waals surface area contributed by atoms with E-state index in [1.807, 2.05) is 40.6 Å². The summed E-state index contributed by atoms with van der Waals surface area (Å²) in [5, 5.41) is 2.64. The van der Waals surface area contributed by atoms with E-state index in [1.54, 1.807) is 4.57 Å². The number of rotatable bonds is 5. The number of hydrogen-bond donors (Lipinski definition) is 0. The SMILES string of the molecule is O=C(CCn1c(N2CCCC2)nc2ccsc2c1=O)N1CCN(c2ccccc2Cl)CC1. The van der Waals surface area contributed by atoms with Crippen LogP contribution in [-0.4, -0.2) is 59.6 Å². The molecule has 0 atom stereocenters. The highest BCUT2D eigenvalue weighted by atomic mass is 35.5. The Kier molecular flexibility index (Phi) is 6.06. The topological polar surface area (TPSA) is 61.7 Å². The fourth-order valence-electron chi connectivity index (χ4n) is 4.56. The Morgan fingerprint density at radius 2 is 1.75 bits per heavy atom. The predicted octanol–water partition coefficient (Wildman–Crippen LogP) is 3.45. The van der Waals surface area contributed by atoms with Crippen LogP contribution in [0.3, 0.4) is 0 Å². The molecule has 2 saturated heterocycles. The minimum Gasteiger partial charge on any atom is -0.367 e. The zero-order valence-corrected chi connectivity index (χ0v) is 19.4. The Morgan fingerprint density at radius 3 is 2.50 bits per heavy atom. The lowest BCUT2D eigenvalue weighted by Gasteiger charge is -2.36. The van der Waals surface area contributed by atoms with Crippen molar-refractivity contribution in [1.29, 1.82) is 0 Å². The number of benzene rings is 1. The minimum absolute atomic E-state index is 0.0387. The van der Waals surface area contributed by atoms with Crippen LogP contribution in [0.15, 0.2) is 40.5 Å². The molecule has 4 heterocycles. The second kappa shape index (κ2) is 9.11. The molecule has 2 aliphatic rings. The quantitative estimate of drug-likeness (QED) is 0.570. The third-order valence-corrected chi connectivity index (χ3v) is 7.52. The summed E-state index contributed by atoms with van der Waals surface area (Å²) in [4.78, 5) is 37.2. The van der Waals surface area contributed by atoms with Gasteiger partial charge in [0.15, 0.2) is 0 Å². The second-order valence-electron chi connectivity index (χ2n) is 8.27. The number of halogens is 1. The number of fused-ring (bicyclic) bond motifs is 1. The van der Waals surface area contributed by atoms with Crippen LogP contribution in [0.5, 0.6) is 0 Å². The van der Waals surface area contributed by atoms with Gasteiger partial charge in [-0.3, -0.25) is 14.2 Å². The van der Waals surface area contributed by atoms with Crippen LogP contribution in [0.4, 0.5) is 11.6 Å². The molecule has 1 amide bonds. The van der Waals surface area contributed by atoms with Crippen LogP contribution in [0.25, 0.3) is 10.2 Å². The first-order valence-corrected chi connectivity index (χ1v) is 12.4. The molecule has 1 aromatic carbocycles. The van der Waals surface area contributed by atoms with Gasteiger partial charge in [-0.05, 0) is 36.4 Å². The molecule has 0 bridgehead atoms. The monoisotopic (exact) mass is 471 g/mol. The summed E-state index contributed by atoms with van der Waals surface area (Å²) in [5.41, 5.74) is 1.72. The van der Waals surface area contributed by atoms with Crippen LogP contribution in [0.1, 0.15) is 19.3 Å². The summed E-state index contributed by atoms with van der Waals surface area (Å²) in [5.74, 6) is 0.782. The molecule has 2 aromatic heterocycles. The molecule has 0 saturated carbocycles. The molecule has 32 heavy (non-hydrogen) atoms. The predicted molar refractivity (Wildman–Crippen MR) is 130 cm³/mol. The summed E-state index contributed by atoms with van der Waals surface area (Å²) < 4.78 is 2.37. The minimum atomic E-state index is -0.0387. The van der Waals surface area contributed by atoms with Gasteiger partial charge in [0, 0.05) is 52.2 Å². The van der Waals surface area contributed by atoms with Gasteiger partial charge < -0.3 is 14.7 Å². The fraction of sp³-hybridized carbons (Fsp3) is 0.435. The van der Waals surface area contributed by atoms with E-state index in [0.29, 0.717) is 36.7 Å². The molecular formula is C23H26ClN5O2S. The van der Waals surface area contributed by atoms with Gasteiger partial charge in [0.05, 0.1) is 16.2 Å². The average molecular weight is 472 g/mol. The van der Waals surface area contributed by atoms with Crippen molar-refractivity contribution < 1.29 is 4.79 Å². The van der Waals surface area contributed by atoms with Gasteiger partial charge in [-0.1, -0.05) is 23.7 Å². The van der Waals surface area contributed by atoms with Crippen LogP contribution >= 0.6 is 22.9 Å². The molecule has 0 radical (unpaired) electrons. The van der Waals surface area contributed by atoms with Crippen LogP contribution in [0.2, 0.25) is 5.02 Å². The molecule has 0 aliphatic carbocycles. The highest BCUT2D eigenvalue weighted by molar-refractivity contribution is 7.17. The highest BCUT2D eigenvalue weighted by Crippen LogP contribution is 2.26. The smallest absolute Gasteiger partial charge is 0.272 e. The Morgan fingerprint density at radius 1 is 1.00 bits per heavy atom. The number of piperazine rings is 1. The van der Waals surface area contributed by atoms with Gasteiger partial charge in [-0.25, -0.2) is 4.98 Å². The number of anilines is 2. The number of carbonyl (C=O) groups is 1. The van der Waals surface area contributed by atoms with Crippen molar-refractivity contribution in [2.24, 2.45) is 0 Å². The zero-order chi connectivity index (χ0) is 22.1. The van der Waals surface area contributed by atoms with Crippen molar-refractivity contribution in [1.82, 2.24) is 14.5 Å². The number of nitrogens with zero attached hydrogens (tertiary/aromatic N) is 5. The molecule has 5 rings (SSSR count). The van der Waals surface area contributed by atoms with E-state index in [4.69, 9.17) is 16.6 Å². The van der Waals surface area contributed by atoms with Gasteiger partial charge >= 0.3 is 0 Å². The summed E-state index contributed by atoms with van der Waals surface area (Å²) in [7, 11) is 0. The normalized spacial score (nSPS) is 16.8. The standard InChI is InChI=1S/C23H26ClN5O2S/c24-17-5-1-2-6-19(17)26-12-14-27(15-13-26)20(30)7-11-29-22(31)21-18(8-16-32-21)25-23(29)28-9-3-4-10-28/h1-2,5-6,8,16H,3-4,7,9-15H2. The summed E-state index contributed by atoms with van der Waals surface area (Å²) in [6.07, 6.45) is 2.50. The van der Waals surface area contributed by atoms with E-state index < -0.39 is 0 Å². The molecular weight excluding hydrogens is 446 g/mol. The van der Waals surface area contributed by atoms with Gasteiger partial charge in [0.25, 0.3) is 5.56 Å². The molecule has 0 unspecified atom stereocenters. The molecule has 2 aliphatic heterocycles. The van der Waals surface area contributed by atoms with E-state index in [0.717, 1.165) is 55.2 Å². The average Bonchev–Trinajstić information content (AvgIpc) is 3.51. The Balaban J connectivity index is 1.27. The molecule has 3 aromatic rings. The van der Waals surface area contributed by atoms with Gasteiger partial charge in [-0.2, -0.15) is 0 Å². The Labute approximate surface area is 195 Å². The largest absolute Gasteiger partial charge is 0.367 e. The lowest BCUT2D eigenvalue weighted by molar-refractivity contribution is -0.131. The van der Waals surface area contributed by atoms with Crippen molar-refractivity contribution in [3.8, 4) is 0 Å². The van der Waals surface area contributed by atoms with Crippen molar-refractivity contribution in [3.05, 3.63) is 51.1 Å². The number of hydrogen-bond acceptors (Lipinski definition) is 6.